The van der Waals surface area contributed by atoms with Crippen molar-refractivity contribution in [2.24, 2.45) is 5.41 Å². The molecule has 0 bridgehead atoms. The van der Waals surface area contributed by atoms with Crippen molar-refractivity contribution in [3.05, 3.63) is 23.6 Å². The molecule has 110 valence electrons. The van der Waals surface area contributed by atoms with Gasteiger partial charge in [-0.05, 0) is 31.2 Å². The van der Waals surface area contributed by atoms with Gasteiger partial charge in [-0.15, -0.1) is 0 Å². The predicted octanol–water partition coefficient (Wildman–Crippen LogP) is 2.96. The lowest BCUT2D eigenvalue weighted by Crippen LogP contribution is -2.41. The third-order valence-corrected chi connectivity index (χ3v) is 4.04. The number of amides is 1. The molecule has 1 unspecified atom stereocenters. The van der Waals surface area contributed by atoms with Crippen LogP contribution in [-0.2, 0) is 0 Å². The first-order valence-corrected chi connectivity index (χ1v) is 7.15. The van der Waals surface area contributed by atoms with E-state index in [0.717, 1.165) is 19.3 Å². The van der Waals surface area contributed by atoms with E-state index in [9.17, 15) is 9.18 Å². The Bertz CT molecular complexity index is 502. The molecule has 0 aliphatic heterocycles. The number of hydrogen-bond donors (Lipinski definition) is 2. The van der Waals surface area contributed by atoms with Crippen molar-refractivity contribution in [1.29, 1.82) is 0 Å². The monoisotopic (exact) mass is 279 g/mol. The number of aromatic nitrogens is 1. The zero-order valence-corrected chi connectivity index (χ0v) is 12.3. The third kappa shape index (κ3) is 2.92. The quantitative estimate of drug-likeness (QED) is 0.891. The maximum absolute atomic E-state index is 14.2. The first-order chi connectivity index (χ1) is 9.45. The van der Waals surface area contributed by atoms with Crippen molar-refractivity contribution in [2.45, 2.75) is 46.1 Å². The van der Waals surface area contributed by atoms with Crippen LogP contribution in [0.5, 0.6) is 0 Å². The average molecular weight is 279 g/mol. The van der Waals surface area contributed by atoms with Gasteiger partial charge < -0.3 is 10.6 Å². The van der Waals surface area contributed by atoms with Gasteiger partial charge in [0.2, 0.25) is 0 Å². The number of carbonyl (C=O) groups is 1. The molecule has 1 aliphatic rings. The van der Waals surface area contributed by atoms with E-state index in [1.165, 1.54) is 12.3 Å². The molecule has 1 aliphatic carbocycles. The van der Waals surface area contributed by atoms with E-state index in [2.05, 4.69) is 29.5 Å². The molecular formula is C15H22FN3O. The number of hydrogen-bond acceptors (Lipinski definition) is 3. The molecule has 2 N–H and O–H groups in total. The standard InChI is InChI=1S/C15H22FN3O/c1-4-17-13-12(16)10(7-9-18-13)14(20)19-11-6-5-8-15(11,2)3/h7,9,11H,4-6,8H2,1-3H3,(H,17,18)(H,19,20). The molecule has 0 aromatic carbocycles. The van der Waals surface area contributed by atoms with E-state index < -0.39 is 5.82 Å². The molecule has 0 spiro atoms. The lowest BCUT2D eigenvalue weighted by molar-refractivity contribution is 0.0906. The maximum atomic E-state index is 14.2. The predicted molar refractivity (Wildman–Crippen MR) is 77.2 cm³/mol. The van der Waals surface area contributed by atoms with E-state index >= 15 is 0 Å². The van der Waals surface area contributed by atoms with Crippen molar-refractivity contribution in [3.8, 4) is 0 Å². The summed E-state index contributed by atoms with van der Waals surface area (Å²) >= 11 is 0. The van der Waals surface area contributed by atoms with Crippen LogP contribution in [0.15, 0.2) is 12.3 Å². The molecule has 4 nitrogen and oxygen atoms in total. The molecule has 1 heterocycles. The number of nitrogens with one attached hydrogen (secondary N) is 2. The van der Waals surface area contributed by atoms with Gasteiger partial charge in [0.1, 0.15) is 0 Å². The van der Waals surface area contributed by atoms with Crippen LogP contribution in [0.3, 0.4) is 0 Å². The van der Waals surface area contributed by atoms with Crippen LogP contribution in [-0.4, -0.2) is 23.5 Å². The summed E-state index contributed by atoms with van der Waals surface area (Å²) < 4.78 is 14.2. The molecule has 1 saturated carbocycles. The number of carbonyl (C=O) groups excluding carboxylic acids is 1. The number of nitrogens with zero attached hydrogens (tertiary/aromatic N) is 1. The smallest absolute Gasteiger partial charge is 0.254 e. The van der Waals surface area contributed by atoms with E-state index in [1.54, 1.807) is 0 Å². The van der Waals surface area contributed by atoms with Crippen molar-refractivity contribution >= 4 is 11.7 Å². The Balaban J connectivity index is 2.15. The Morgan fingerprint density at radius 3 is 2.90 bits per heavy atom. The van der Waals surface area contributed by atoms with Gasteiger partial charge >= 0.3 is 0 Å². The Kier molecular flexibility index (Phi) is 4.26. The molecular weight excluding hydrogens is 257 g/mol. The molecule has 1 atom stereocenters. The van der Waals surface area contributed by atoms with Crippen LogP contribution >= 0.6 is 0 Å². The molecule has 20 heavy (non-hydrogen) atoms. The van der Waals surface area contributed by atoms with Crippen LogP contribution in [0.4, 0.5) is 10.2 Å². The van der Waals surface area contributed by atoms with Crippen molar-refractivity contribution < 1.29 is 9.18 Å². The summed E-state index contributed by atoms with van der Waals surface area (Å²) in [7, 11) is 0. The lowest BCUT2D eigenvalue weighted by Gasteiger charge is -2.27. The minimum Gasteiger partial charge on any atom is -0.368 e. The topological polar surface area (TPSA) is 54.0 Å². The molecule has 1 fully saturated rings. The first kappa shape index (κ1) is 14.8. The largest absolute Gasteiger partial charge is 0.368 e. The van der Waals surface area contributed by atoms with Gasteiger partial charge in [0.15, 0.2) is 11.6 Å². The fourth-order valence-electron chi connectivity index (χ4n) is 2.74. The maximum Gasteiger partial charge on any atom is 0.254 e. The Morgan fingerprint density at radius 2 is 2.30 bits per heavy atom. The highest BCUT2D eigenvalue weighted by Crippen LogP contribution is 2.37. The van der Waals surface area contributed by atoms with Crippen molar-refractivity contribution in [1.82, 2.24) is 10.3 Å². The van der Waals surface area contributed by atoms with Crippen LogP contribution < -0.4 is 10.6 Å². The zero-order valence-electron chi connectivity index (χ0n) is 12.3. The van der Waals surface area contributed by atoms with Crippen LogP contribution in [0, 0.1) is 11.2 Å². The molecule has 2 rings (SSSR count). The summed E-state index contributed by atoms with van der Waals surface area (Å²) in [6, 6.07) is 1.53. The van der Waals surface area contributed by atoms with Gasteiger partial charge in [0.25, 0.3) is 5.91 Å². The molecule has 1 aromatic rings. The van der Waals surface area contributed by atoms with Gasteiger partial charge in [-0.2, -0.15) is 0 Å². The van der Waals surface area contributed by atoms with Crippen molar-refractivity contribution in [2.75, 3.05) is 11.9 Å². The minimum atomic E-state index is -0.581. The fraction of sp³-hybridized carbons (Fsp3) is 0.600. The number of rotatable bonds is 4. The second kappa shape index (κ2) is 5.77. The van der Waals surface area contributed by atoms with Gasteiger partial charge in [-0.3, -0.25) is 4.79 Å². The second-order valence-electron chi connectivity index (χ2n) is 5.96. The second-order valence-corrected chi connectivity index (χ2v) is 5.96. The third-order valence-electron chi connectivity index (χ3n) is 4.04. The fourth-order valence-corrected chi connectivity index (χ4v) is 2.74. The first-order valence-electron chi connectivity index (χ1n) is 7.15. The summed E-state index contributed by atoms with van der Waals surface area (Å²) in [5, 5.41) is 5.78. The summed E-state index contributed by atoms with van der Waals surface area (Å²) in [5.41, 5.74) is 0.127. The Hall–Kier alpha value is -1.65. The minimum absolute atomic E-state index is 0.0543. The summed E-state index contributed by atoms with van der Waals surface area (Å²) in [5.74, 6) is -0.808. The van der Waals surface area contributed by atoms with Gasteiger partial charge in [-0.1, -0.05) is 20.3 Å². The molecule has 1 amide bonds. The normalized spacial score (nSPS) is 20.7. The number of halogens is 1. The van der Waals surface area contributed by atoms with Crippen LogP contribution in [0.2, 0.25) is 0 Å². The van der Waals surface area contributed by atoms with Crippen molar-refractivity contribution in [3.63, 3.8) is 0 Å². The Morgan fingerprint density at radius 1 is 1.55 bits per heavy atom. The summed E-state index contributed by atoms with van der Waals surface area (Å²) in [4.78, 5) is 16.2. The SMILES string of the molecule is CCNc1nccc(C(=O)NC2CCCC2(C)C)c1F. The number of anilines is 1. The van der Waals surface area contributed by atoms with Gasteiger partial charge in [-0.25, -0.2) is 9.37 Å². The van der Waals surface area contributed by atoms with E-state index in [-0.39, 0.29) is 28.7 Å². The van der Waals surface area contributed by atoms with Gasteiger partial charge in [0.05, 0.1) is 5.56 Å². The highest BCUT2D eigenvalue weighted by molar-refractivity contribution is 5.95. The van der Waals surface area contributed by atoms with Crippen LogP contribution in [0.25, 0.3) is 0 Å². The summed E-state index contributed by atoms with van der Waals surface area (Å²) in [6.45, 7) is 6.69. The summed E-state index contributed by atoms with van der Waals surface area (Å²) in [6.07, 6.45) is 4.58. The average Bonchev–Trinajstić information content (AvgIpc) is 2.71. The van der Waals surface area contributed by atoms with Gasteiger partial charge in [0, 0.05) is 18.8 Å². The lowest BCUT2D eigenvalue weighted by atomic mass is 9.87. The zero-order chi connectivity index (χ0) is 14.8. The highest BCUT2D eigenvalue weighted by Gasteiger charge is 2.35. The molecule has 0 radical (unpaired) electrons. The molecule has 5 heteroatoms. The highest BCUT2D eigenvalue weighted by atomic mass is 19.1. The van der Waals surface area contributed by atoms with E-state index in [1.807, 2.05) is 6.92 Å². The van der Waals surface area contributed by atoms with E-state index in [4.69, 9.17) is 0 Å². The molecule has 1 aromatic heterocycles. The van der Waals surface area contributed by atoms with E-state index in [0.29, 0.717) is 6.54 Å². The van der Waals surface area contributed by atoms with Crippen LogP contribution in [0.1, 0.15) is 50.4 Å². The molecule has 0 saturated heterocycles. The number of pyridine rings is 1. The Labute approximate surface area is 119 Å².